The molecular formula is C14H15Cl2NO3. The van der Waals surface area contributed by atoms with Crippen molar-refractivity contribution in [1.82, 2.24) is 4.90 Å². The Kier molecular flexibility index (Phi) is 4.55. The molecule has 1 aliphatic heterocycles. The second-order valence-electron chi connectivity index (χ2n) is 5.11. The highest BCUT2D eigenvalue weighted by atomic mass is 35.5. The van der Waals surface area contributed by atoms with Gasteiger partial charge in [-0.25, -0.2) is 0 Å². The van der Waals surface area contributed by atoms with Crippen LogP contribution in [0.3, 0.4) is 0 Å². The minimum absolute atomic E-state index is 0.0358. The lowest BCUT2D eigenvalue weighted by atomic mass is 9.99. The molecule has 0 radical (unpaired) electrons. The second kappa shape index (κ2) is 6.02. The zero-order valence-electron chi connectivity index (χ0n) is 11.0. The number of benzene rings is 1. The molecule has 2 rings (SSSR count). The van der Waals surface area contributed by atoms with Crippen LogP contribution >= 0.6 is 23.2 Å². The van der Waals surface area contributed by atoms with Crippen molar-refractivity contribution in [2.24, 2.45) is 11.8 Å². The third-order valence-corrected chi connectivity index (χ3v) is 4.51. The average molecular weight is 316 g/mol. The van der Waals surface area contributed by atoms with Gasteiger partial charge in [-0.1, -0.05) is 42.3 Å². The fourth-order valence-corrected chi connectivity index (χ4v) is 2.84. The topological polar surface area (TPSA) is 57.6 Å². The molecular weight excluding hydrogens is 301 g/mol. The van der Waals surface area contributed by atoms with Crippen LogP contribution in [0.2, 0.25) is 10.0 Å². The quantitative estimate of drug-likeness (QED) is 0.933. The fraction of sp³-hybridized carbons (Fsp3) is 0.429. The number of nitrogens with zero attached hydrogens (tertiary/aromatic N) is 1. The van der Waals surface area contributed by atoms with Gasteiger partial charge in [0.1, 0.15) is 0 Å². The minimum atomic E-state index is -0.853. The first-order valence-electron chi connectivity index (χ1n) is 6.33. The number of aliphatic carboxylic acids is 1. The standard InChI is InChI=1S/C14H15Cl2NO3/c1-8-6-17(7-10(8)14(19)20)12(18)5-9-3-2-4-11(15)13(9)16/h2-4,8,10H,5-7H2,1H3,(H,19,20)/t8-,10-/m1/s1. The Morgan fingerprint density at radius 1 is 1.35 bits per heavy atom. The molecule has 0 saturated carbocycles. The molecule has 1 amide bonds. The highest BCUT2D eigenvalue weighted by molar-refractivity contribution is 6.42. The molecule has 108 valence electrons. The lowest BCUT2D eigenvalue weighted by Crippen LogP contribution is -2.31. The number of rotatable bonds is 3. The first-order chi connectivity index (χ1) is 9.40. The summed E-state index contributed by atoms with van der Waals surface area (Å²) in [7, 11) is 0. The van der Waals surface area contributed by atoms with Crippen LogP contribution in [-0.2, 0) is 16.0 Å². The van der Waals surface area contributed by atoms with Gasteiger partial charge in [0.25, 0.3) is 0 Å². The number of hydrogen-bond donors (Lipinski definition) is 1. The number of carboxylic acids is 1. The van der Waals surface area contributed by atoms with Crippen LogP contribution in [-0.4, -0.2) is 35.0 Å². The number of carboxylic acid groups (broad SMARTS) is 1. The average Bonchev–Trinajstić information content (AvgIpc) is 2.77. The highest BCUT2D eigenvalue weighted by Crippen LogP contribution is 2.28. The number of carbonyl (C=O) groups is 2. The summed E-state index contributed by atoms with van der Waals surface area (Å²) >= 11 is 12.0. The van der Waals surface area contributed by atoms with Gasteiger partial charge in [0.2, 0.25) is 5.91 Å². The molecule has 1 N–H and O–H groups in total. The molecule has 0 unspecified atom stereocenters. The lowest BCUT2D eigenvalue weighted by Gasteiger charge is -2.16. The van der Waals surface area contributed by atoms with E-state index in [4.69, 9.17) is 28.3 Å². The van der Waals surface area contributed by atoms with Crippen molar-refractivity contribution in [3.63, 3.8) is 0 Å². The van der Waals surface area contributed by atoms with E-state index in [0.29, 0.717) is 22.2 Å². The first kappa shape index (κ1) is 15.1. The molecule has 0 spiro atoms. The van der Waals surface area contributed by atoms with Crippen LogP contribution in [0.25, 0.3) is 0 Å². The Morgan fingerprint density at radius 3 is 2.65 bits per heavy atom. The van der Waals surface area contributed by atoms with Gasteiger partial charge in [0, 0.05) is 13.1 Å². The third kappa shape index (κ3) is 3.07. The largest absolute Gasteiger partial charge is 0.481 e. The van der Waals surface area contributed by atoms with Crippen molar-refractivity contribution in [2.75, 3.05) is 13.1 Å². The van der Waals surface area contributed by atoms with Crippen LogP contribution in [0.4, 0.5) is 0 Å². The molecule has 1 aromatic rings. The van der Waals surface area contributed by atoms with E-state index in [-0.39, 0.29) is 24.8 Å². The lowest BCUT2D eigenvalue weighted by molar-refractivity contribution is -0.142. The van der Waals surface area contributed by atoms with E-state index < -0.39 is 11.9 Å². The number of hydrogen-bond acceptors (Lipinski definition) is 2. The van der Waals surface area contributed by atoms with E-state index in [1.54, 1.807) is 23.1 Å². The van der Waals surface area contributed by atoms with Crippen molar-refractivity contribution >= 4 is 35.1 Å². The third-order valence-electron chi connectivity index (χ3n) is 3.66. The van der Waals surface area contributed by atoms with Crippen LogP contribution in [0.5, 0.6) is 0 Å². The fourth-order valence-electron chi connectivity index (χ4n) is 2.45. The highest BCUT2D eigenvalue weighted by Gasteiger charge is 2.36. The number of amides is 1. The predicted octanol–water partition coefficient (Wildman–Crippen LogP) is 2.72. The summed E-state index contributed by atoms with van der Waals surface area (Å²) < 4.78 is 0. The predicted molar refractivity (Wildman–Crippen MR) is 77.0 cm³/mol. The first-order valence-corrected chi connectivity index (χ1v) is 7.09. The maximum atomic E-state index is 12.2. The normalized spacial score (nSPS) is 22.1. The molecule has 1 heterocycles. The zero-order chi connectivity index (χ0) is 14.9. The van der Waals surface area contributed by atoms with Gasteiger partial charge in [0.15, 0.2) is 0 Å². The Labute approximate surface area is 127 Å². The van der Waals surface area contributed by atoms with Crippen LogP contribution < -0.4 is 0 Å². The van der Waals surface area contributed by atoms with Crippen molar-refractivity contribution < 1.29 is 14.7 Å². The maximum absolute atomic E-state index is 12.2. The van der Waals surface area contributed by atoms with Crippen LogP contribution in [0.1, 0.15) is 12.5 Å². The Hall–Kier alpha value is -1.26. The van der Waals surface area contributed by atoms with Gasteiger partial charge in [-0.15, -0.1) is 0 Å². The van der Waals surface area contributed by atoms with E-state index in [1.807, 2.05) is 6.92 Å². The summed E-state index contributed by atoms with van der Waals surface area (Å²) in [6.45, 7) is 2.57. The van der Waals surface area contributed by atoms with E-state index in [9.17, 15) is 9.59 Å². The summed E-state index contributed by atoms with van der Waals surface area (Å²) in [5.74, 6) is -1.50. The molecule has 1 fully saturated rings. The van der Waals surface area contributed by atoms with Gasteiger partial charge in [-0.3, -0.25) is 9.59 Å². The number of likely N-dealkylation sites (tertiary alicyclic amines) is 1. The molecule has 0 bridgehead atoms. The summed E-state index contributed by atoms with van der Waals surface area (Å²) in [6, 6.07) is 5.15. The van der Waals surface area contributed by atoms with Crippen molar-refractivity contribution in [3.05, 3.63) is 33.8 Å². The second-order valence-corrected chi connectivity index (χ2v) is 5.90. The van der Waals surface area contributed by atoms with E-state index in [1.165, 1.54) is 0 Å². The molecule has 2 atom stereocenters. The maximum Gasteiger partial charge on any atom is 0.308 e. The van der Waals surface area contributed by atoms with Crippen molar-refractivity contribution in [1.29, 1.82) is 0 Å². The summed E-state index contributed by atoms with van der Waals surface area (Å²) in [5, 5.41) is 9.87. The Morgan fingerprint density at radius 2 is 2.05 bits per heavy atom. The van der Waals surface area contributed by atoms with Gasteiger partial charge >= 0.3 is 5.97 Å². The van der Waals surface area contributed by atoms with Crippen molar-refractivity contribution in [3.8, 4) is 0 Å². The SMILES string of the molecule is C[C@@H]1CN(C(=O)Cc2cccc(Cl)c2Cl)C[C@H]1C(=O)O. The number of halogens is 2. The summed E-state index contributed by atoms with van der Waals surface area (Å²) in [5.41, 5.74) is 0.663. The Bertz CT molecular complexity index is 547. The molecule has 4 nitrogen and oxygen atoms in total. The van der Waals surface area contributed by atoms with E-state index in [2.05, 4.69) is 0 Å². The van der Waals surface area contributed by atoms with Crippen LogP contribution in [0.15, 0.2) is 18.2 Å². The molecule has 1 saturated heterocycles. The van der Waals surface area contributed by atoms with Crippen molar-refractivity contribution in [2.45, 2.75) is 13.3 Å². The number of carbonyl (C=O) groups excluding carboxylic acids is 1. The van der Waals surface area contributed by atoms with Gasteiger partial charge in [-0.05, 0) is 17.5 Å². The molecule has 1 aliphatic rings. The summed E-state index contributed by atoms with van der Waals surface area (Å²) in [4.78, 5) is 24.9. The zero-order valence-corrected chi connectivity index (χ0v) is 12.5. The molecule has 20 heavy (non-hydrogen) atoms. The minimum Gasteiger partial charge on any atom is -0.481 e. The van der Waals surface area contributed by atoms with Gasteiger partial charge in [-0.2, -0.15) is 0 Å². The summed E-state index contributed by atoms with van der Waals surface area (Å²) in [6.07, 6.45) is 0.137. The van der Waals surface area contributed by atoms with Gasteiger partial charge in [0.05, 0.1) is 22.4 Å². The smallest absolute Gasteiger partial charge is 0.308 e. The molecule has 0 aliphatic carbocycles. The Balaban J connectivity index is 2.06. The molecule has 1 aromatic carbocycles. The van der Waals surface area contributed by atoms with E-state index in [0.717, 1.165) is 0 Å². The van der Waals surface area contributed by atoms with Crippen LogP contribution in [0, 0.1) is 11.8 Å². The van der Waals surface area contributed by atoms with Gasteiger partial charge < -0.3 is 10.0 Å². The van der Waals surface area contributed by atoms with E-state index >= 15 is 0 Å². The molecule has 0 aromatic heterocycles. The monoisotopic (exact) mass is 315 g/mol. The molecule has 6 heteroatoms.